The summed E-state index contributed by atoms with van der Waals surface area (Å²) in [6, 6.07) is 7.76. The van der Waals surface area contributed by atoms with E-state index in [4.69, 9.17) is 9.57 Å². The molecule has 1 aromatic carbocycles. The summed E-state index contributed by atoms with van der Waals surface area (Å²) >= 11 is 0. The Balaban J connectivity index is 2.13. The average molecular weight is 316 g/mol. The van der Waals surface area contributed by atoms with Gasteiger partial charge in [0.2, 0.25) is 0 Å². The van der Waals surface area contributed by atoms with E-state index in [1.54, 1.807) is 24.4 Å². The van der Waals surface area contributed by atoms with Crippen molar-refractivity contribution in [3.05, 3.63) is 36.0 Å². The highest BCUT2D eigenvalue weighted by Crippen LogP contribution is 2.25. The number of hydrogen-bond acceptors (Lipinski definition) is 5. The van der Waals surface area contributed by atoms with E-state index in [2.05, 4.69) is 18.8 Å². The summed E-state index contributed by atoms with van der Waals surface area (Å²) in [5, 5.41) is 1.56. The highest BCUT2D eigenvalue weighted by Gasteiger charge is 2.18. The van der Waals surface area contributed by atoms with Gasteiger partial charge in [-0.05, 0) is 18.1 Å². The molecule has 0 fully saturated rings. The van der Waals surface area contributed by atoms with E-state index in [9.17, 15) is 4.79 Å². The Morgan fingerprint density at radius 2 is 2.22 bits per heavy atom. The van der Waals surface area contributed by atoms with Gasteiger partial charge >= 0.3 is 5.97 Å². The number of rotatable bonds is 7. The molecule has 1 atom stereocenters. The highest BCUT2D eigenvalue weighted by molar-refractivity contribution is 5.76. The molecule has 124 valence electrons. The van der Waals surface area contributed by atoms with Crippen LogP contribution >= 0.6 is 0 Å². The molecular weight excluding hydrogens is 292 g/mol. The highest BCUT2D eigenvalue weighted by atomic mass is 16.7. The topological polar surface area (TPSA) is 51.1 Å². The quantitative estimate of drug-likeness (QED) is 0.770. The van der Waals surface area contributed by atoms with E-state index in [0.717, 1.165) is 23.4 Å². The first kappa shape index (κ1) is 17.1. The van der Waals surface area contributed by atoms with E-state index < -0.39 is 0 Å². The Hall–Kier alpha value is -2.30. The largest absolute Gasteiger partial charge is 0.493 e. The van der Waals surface area contributed by atoms with Crippen LogP contribution in [0.4, 0.5) is 0 Å². The summed E-state index contributed by atoms with van der Waals surface area (Å²) in [6.07, 6.45) is 4.81. The fraction of sp³-hybridized carbons (Fsp3) is 0.444. The minimum atomic E-state index is -0.268. The van der Waals surface area contributed by atoms with Gasteiger partial charge in [0.1, 0.15) is 11.4 Å². The number of aliphatic imine (C=N–C) groups is 1. The van der Waals surface area contributed by atoms with Crippen molar-refractivity contribution in [2.75, 3.05) is 13.2 Å². The molecule has 1 heterocycles. The van der Waals surface area contributed by atoms with Crippen molar-refractivity contribution in [2.24, 2.45) is 10.9 Å². The first-order valence-electron chi connectivity index (χ1n) is 8.07. The first-order valence-corrected chi connectivity index (χ1v) is 8.07. The molecular formula is C18H24N2O3. The van der Waals surface area contributed by atoms with Crippen molar-refractivity contribution in [2.45, 2.75) is 33.6 Å². The fourth-order valence-corrected chi connectivity index (χ4v) is 2.00. The minimum Gasteiger partial charge on any atom is -0.493 e. The molecule has 1 aromatic rings. The predicted molar refractivity (Wildman–Crippen MR) is 91.0 cm³/mol. The smallest absolute Gasteiger partial charge is 0.332 e. The average Bonchev–Trinajstić information content (AvgIpc) is 2.60. The second kappa shape index (κ2) is 8.36. The molecule has 0 N–H and O–H groups in total. The second-order valence-electron chi connectivity index (χ2n) is 5.58. The number of ether oxygens (including phenoxy) is 1. The van der Waals surface area contributed by atoms with E-state index >= 15 is 0 Å². The number of hydroxylamine groups is 2. The van der Waals surface area contributed by atoms with Crippen molar-refractivity contribution in [3.8, 4) is 5.75 Å². The van der Waals surface area contributed by atoms with Crippen molar-refractivity contribution in [1.82, 2.24) is 5.06 Å². The summed E-state index contributed by atoms with van der Waals surface area (Å²) in [5.74, 6) is 1.05. The summed E-state index contributed by atoms with van der Waals surface area (Å²) in [6.45, 7) is 7.21. The normalized spacial score (nSPS) is 15.1. The maximum atomic E-state index is 11.6. The molecule has 5 heteroatoms. The fourth-order valence-electron chi connectivity index (χ4n) is 2.00. The van der Waals surface area contributed by atoms with E-state index in [0.29, 0.717) is 25.5 Å². The van der Waals surface area contributed by atoms with Crippen LogP contribution in [0.5, 0.6) is 5.75 Å². The van der Waals surface area contributed by atoms with Crippen LogP contribution in [0, 0.1) is 5.92 Å². The number of nitrogens with zero attached hydrogens (tertiary/aromatic N) is 2. The lowest BCUT2D eigenvalue weighted by Crippen LogP contribution is -2.29. The van der Waals surface area contributed by atoms with Gasteiger partial charge in [-0.3, -0.25) is 4.99 Å². The van der Waals surface area contributed by atoms with Crippen LogP contribution in [0.15, 0.2) is 35.5 Å². The van der Waals surface area contributed by atoms with Crippen LogP contribution in [0.25, 0.3) is 5.70 Å². The van der Waals surface area contributed by atoms with Crippen LogP contribution in [0.2, 0.25) is 0 Å². The van der Waals surface area contributed by atoms with E-state index in [-0.39, 0.29) is 5.97 Å². The summed E-state index contributed by atoms with van der Waals surface area (Å²) in [7, 11) is 0. The molecule has 0 spiro atoms. The van der Waals surface area contributed by atoms with Crippen molar-refractivity contribution in [1.29, 1.82) is 0 Å². The van der Waals surface area contributed by atoms with Gasteiger partial charge < -0.3 is 9.57 Å². The van der Waals surface area contributed by atoms with Crippen LogP contribution in [0.1, 0.15) is 39.2 Å². The number of carbonyl (C=O) groups is 1. The monoisotopic (exact) mass is 316 g/mol. The lowest BCUT2D eigenvalue weighted by Gasteiger charge is -2.26. The molecule has 0 saturated carbocycles. The molecule has 1 aliphatic rings. The van der Waals surface area contributed by atoms with Crippen LogP contribution in [-0.4, -0.2) is 30.4 Å². The Morgan fingerprint density at radius 3 is 2.96 bits per heavy atom. The van der Waals surface area contributed by atoms with Gasteiger partial charge in [-0.2, -0.15) is 5.06 Å². The molecule has 0 aromatic heterocycles. The third-order valence-electron chi connectivity index (χ3n) is 3.68. The van der Waals surface area contributed by atoms with Gasteiger partial charge in [-0.15, -0.1) is 0 Å². The first-order chi connectivity index (χ1) is 11.1. The minimum absolute atomic E-state index is 0.268. The van der Waals surface area contributed by atoms with Crippen molar-refractivity contribution < 1.29 is 14.4 Å². The van der Waals surface area contributed by atoms with Crippen LogP contribution in [-0.2, 0) is 9.63 Å². The summed E-state index contributed by atoms with van der Waals surface area (Å²) < 4.78 is 5.84. The SMILES string of the molecule is CCC(=O)ON1CC=NC=C1c1cccc(OCC(C)CC)c1. The Bertz CT molecular complexity index is 596. The van der Waals surface area contributed by atoms with Gasteiger partial charge in [0.15, 0.2) is 0 Å². The zero-order chi connectivity index (χ0) is 16.7. The molecule has 0 saturated heterocycles. The number of hydrogen-bond donors (Lipinski definition) is 0. The maximum absolute atomic E-state index is 11.6. The summed E-state index contributed by atoms with van der Waals surface area (Å²) in [4.78, 5) is 21.1. The number of carbonyl (C=O) groups excluding carboxylic acids is 1. The van der Waals surface area contributed by atoms with Crippen molar-refractivity contribution >= 4 is 17.9 Å². The summed E-state index contributed by atoms with van der Waals surface area (Å²) in [5.41, 5.74) is 1.66. The van der Waals surface area contributed by atoms with Crippen molar-refractivity contribution in [3.63, 3.8) is 0 Å². The molecule has 2 rings (SSSR count). The molecule has 0 aliphatic carbocycles. The van der Waals surface area contributed by atoms with E-state index in [1.807, 2.05) is 24.3 Å². The number of benzene rings is 1. The van der Waals surface area contributed by atoms with E-state index in [1.165, 1.54) is 0 Å². The van der Waals surface area contributed by atoms with Crippen LogP contribution < -0.4 is 4.74 Å². The molecule has 23 heavy (non-hydrogen) atoms. The van der Waals surface area contributed by atoms with Gasteiger partial charge in [-0.1, -0.05) is 39.3 Å². The molecule has 1 unspecified atom stereocenters. The third kappa shape index (κ3) is 4.84. The zero-order valence-electron chi connectivity index (χ0n) is 14.0. The lowest BCUT2D eigenvalue weighted by atomic mass is 10.1. The molecule has 0 radical (unpaired) electrons. The molecule has 5 nitrogen and oxygen atoms in total. The zero-order valence-corrected chi connectivity index (χ0v) is 14.0. The molecule has 1 aliphatic heterocycles. The lowest BCUT2D eigenvalue weighted by molar-refractivity contribution is -0.172. The standard InChI is InChI=1S/C18H24N2O3/c1-4-14(3)13-22-16-8-6-7-15(11-16)17-12-19-9-10-20(17)23-18(21)5-2/h6-9,11-12,14H,4-5,10,13H2,1-3H3. The maximum Gasteiger partial charge on any atom is 0.332 e. The third-order valence-corrected chi connectivity index (χ3v) is 3.68. The Labute approximate surface area is 137 Å². The predicted octanol–water partition coefficient (Wildman–Crippen LogP) is 3.66. The Morgan fingerprint density at radius 1 is 1.39 bits per heavy atom. The van der Waals surface area contributed by atoms with Gasteiger partial charge in [0, 0.05) is 18.2 Å². The van der Waals surface area contributed by atoms with Gasteiger partial charge in [0.25, 0.3) is 0 Å². The van der Waals surface area contributed by atoms with Gasteiger partial charge in [0.05, 0.1) is 19.4 Å². The second-order valence-corrected chi connectivity index (χ2v) is 5.58. The molecule has 0 amide bonds. The van der Waals surface area contributed by atoms with Crippen LogP contribution in [0.3, 0.4) is 0 Å². The Kier molecular flexibility index (Phi) is 6.20. The molecule has 0 bridgehead atoms. The van der Waals surface area contributed by atoms with Gasteiger partial charge in [-0.25, -0.2) is 4.79 Å².